The van der Waals surface area contributed by atoms with Gasteiger partial charge in [-0.1, -0.05) is 12.1 Å². The van der Waals surface area contributed by atoms with E-state index >= 15 is 0 Å². The molecule has 0 saturated carbocycles. The number of anilines is 1. The van der Waals surface area contributed by atoms with Gasteiger partial charge in [-0.15, -0.1) is 11.3 Å². The number of fused-ring (bicyclic) bond motifs is 1. The minimum absolute atomic E-state index is 0.0635. The molecule has 1 heterocycles. The molecule has 134 valence electrons. The van der Waals surface area contributed by atoms with Crippen LogP contribution < -0.4 is 10.6 Å². The van der Waals surface area contributed by atoms with Crippen LogP contribution >= 0.6 is 23.6 Å². The van der Waals surface area contributed by atoms with Crippen LogP contribution in [-0.2, 0) is 4.74 Å². The highest BCUT2D eigenvalue weighted by atomic mass is 32.1. The van der Waals surface area contributed by atoms with Crippen molar-refractivity contribution in [3.8, 4) is 0 Å². The zero-order valence-electron chi connectivity index (χ0n) is 14.2. The number of ether oxygens (including phenoxy) is 1. The molecule has 3 rings (SSSR count). The van der Waals surface area contributed by atoms with Gasteiger partial charge in [-0.25, -0.2) is 9.18 Å². The first-order chi connectivity index (χ1) is 12.5. The van der Waals surface area contributed by atoms with Crippen LogP contribution in [0.4, 0.5) is 10.1 Å². The second kappa shape index (κ2) is 7.80. The minimum Gasteiger partial charge on any atom is -0.465 e. The van der Waals surface area contributed by atoms with Crippen LogP contribution in [0.15, 0.2) is 48.5 Å². The fourth-order valence-electron chi connectivity index (χ4n) is 2.52. The zero-order chi connectivity index (χ0) is 18.7. The minimum atomic E-state index is -0.342. The average Bonchev–Trinajstić information content (AvgIpc) is 3.04. The summed E-state index contributed by atoms with van der Waals surface area (Å²) in [4.78, 5) is 12.2. The first-order valence-corrected chi connectivity index (χ1v) is 9.13. The molecular formula is C19H17FN2O2S2. The fraction of sp³-hybridized carbons (Fsp3) is 0.158. The highest BCUT2D eigenvalue weighted by Gasteiger charge is 2.11. The van der Waals surface area contributed by atoms with Crippen molar-refractivity contribution in [1.29, 1.82) is 0 Å². The number of thiophene rings is 1. The molecule has 0 amide bonds. The van der Waals surface area contributed by atoms with Crippen LogP contribution in [0.5, 0.6) is 0 Å². The lowest BCUT2D eigenvalue weighted by Gasteiger charge is -2.17. The lowest BCUT2D eigenvalue weighted by atomic mass is 10.1. The Labute approximate surface area is 160 Å². The number of thiocarbonyl (C=S) groups is 1. The van der Waals surface area contributed by atoms with E-state index in [1.165, 1.54) is 30.6 Å². The van der Waals surface area contributed by atoms with Crippen molar-refractivity contribution in [2.45, 2.75) is 13.0 Å². The summed E-state index contributed by atoms with van der Waals surface area (Å²) in [5.41, 5.74) is 1.75. The number of nitrogens with one attached hydrogen (secondary N) is 2. The molecule has 4 nitrogen and oxygen atoms in total. The molecule has 7 heteroatoms. The lowest BCUT2D eigenvalue weighted by molar-refractivity contribution is 0.0606. The molecule has 1 atom stereocenters. The molecule has 2 aromatic carbocycles. The fourth-order valence-corrected chi connectivity index (χ4v) is 3.78. The smallest absolute Gasteiger partial charge is 0.348 e. The van der Waals surface area contributed by atoms with Crippen LogP contribution in [0, 0.1) is 5.82 Å². The summed E-state index contributed by atoms with van der Waals surface area (Å²) in [5.74, 6) is -0.608. The Morgan fingerprint density at radius 1 is 1.19 bits per heavy atom. The highest BCUT2D eigenvalue weighted by molar-refractivity contribution is 7.80. The molecular weight excluding hydrogens is 371 g/mol. The molecule has 0 fully saturated rings. The first-order valence-electron chi connectivity index (χ1n) is 7.91. The summed E-state index contributed by atoms with van der Waals surface area (Å²) in [6.45, 7) is 1.95. The molecule has 2 N–H and O–H groups in total. The molecule has 26 heavy (non-hydrogen) atoms. The molecule has 0 bridgehead atoms. The number of rotatable bonds is 4. The Balaban J connectivity index is 1.68. The van der Waals surface area contributed by atoms with E-state index in [2.05, 4.69) is 10.6 Å². The van der Waals surface area contributed by atoms with Gasteiger partial charge in [0.15, 0.2) is 5.11 Å². The van der Waals surface area contributed by atoms with Gasteiger partial charge >= 0.3 is 5.97 Å². The Kier molecular flexibility index (Phi) is 5.49. The van der Waals surface area contributed by atoms with Gasteiger partial charge in [0.1, 0.15) is 10.7 Å². The average molecular weight is 388 g/mol. The third kappa shape index (κ3) is 4.17. The number of halogens is 1. The summed E-state index contributed by atoms with van der Waals surface area (Å²) < 4.78 is 18.8. The number of carbonyl (C=O) groups excluding carboxylic acids is 1. The maximum Gasteiger partial charge on any atom is 0.348 e. The van der Waals surface area contributed by atoms with Gasteiger partial charge < -0.3 is 15.4 Å². The van der Waals surface area contributed by atoms with Crippen LogP contribution in [0.2, 0.25) is 0 Å². The van der Waals surface area contributed by atoms with Gasteiger partial charge in [-0.05, 0) is 66.5 Å². The van der Waals surface area contributed by atoms with E-state index < -0.39 is 0 Å². The Bertz CT molecular complexity index is 954. The van der Waals surface area contributed by atoms with E-state index in [-0.39, 0.29) is 17.8 Å². The van der Waals surface area contributed by atoms with Crippen molar-refractivity contribution in [3.05, 3.63) is 64.8 Å². The molecule has 0 aliphatic carbocycles. The maximum absolute atomic E-state index is 13.0. The van der Waals surface area contributed by atoms with Crippen molar-refractivity contribution in [1.82, 2.24) is 5.32 Å². The van der Waals surface area contributed by atoms with Crippen molar-refractivity contribution in [2.75, 3.05) is 12.4 Å². The molecule has 0 unspecified atom stereocenters. The number of methoxy groups -OCH3 is 1. The van der Waals surface area contributed by atoms with Crippen molar-refractivity contribution >= 4 is 50.4 Å². The number of esters is 1. The second-order valence-corrected chi connectivity index (χ2v) is 7.22. The number of carbonyl (C=O) groups is 1. The van der Waals surface area contributed by atoms with Gasteiger partial charge in [0.05, 0.1) is 13.2 Å². The van der Waals surface area contributed by atoms with E-state index in [4.69, 9.17) is 17.0 Å². The molecule has 0 saturated heterocycles. The van der Waals surface area contributed by atoms with Gasteiger partial charge in [-0.3, -0.25) is 0 Å². The summed E-state index contributed by atoms with van der Waals surface area (Å²) in [6, 6.07) is 13.8. The largest absolute Gasteiger partial charge is 0.465 e. The lowest BCUT2D eigenvalue weighted by Crippen LogP contribution is -2.30. The second-order valence-electron chi connectivity index (χ2n) is 5.73. The van der Waals surface area contributed by atoms with Crippen LogP contribution in [0.3, 0.4) is 0 Å². The predicted octanol–water partition coefficient (Wildman–Crippen LogP) is 4.87. The Hall–Kier alpha value is -2.51. The van der Waals surface area contributed by atoms with E-state index in [1.807, 2.05) is 25.1 Å². The molecule has 0 spiro atoms. The highest BCUT2D eigenvalue weighted by Crippen LogP contribution is 2.28. The van der Waals surface area contributed by atoms with E-state index in [0.717, 1.165) is 21.3 Å². The molecule has 3 aromatic rings. The first kappa shape index (κ1) is 18.3. The van der Waals surface area contributed by atoms with Crippen LogP contribution in [0.25, 0.3) is 10.1 Å². The SMILES string of the molecule is COC(=O)c1cc2cc(NC(=S)N[C@@H](C)c3ccc(F)cc3)ccc2s1. The van der Waals surface area contributed by atoms with Crippen LogP contribution in [0.1, 0.15) is 28.2 Å². The Morgan fingerprint density at radius 3 is 2.62 bits per heavy atom. The van der Waals surface area contributed by atoms with Gasteiger partial charge in [-0.2, -0.15) is 0 Å². The van der Waals surface area contributed by atoms with Gasteiger partial charge in [0, 0.05) is 10.4 Å². The quantitative estimate of drug-likeness (QED) is 0.493. The zero-order valence-corrected chi connectivity index (χ0v) is 15.8. The summed E-state index contributed by atoms with van der Waals surface area (Å²) in [6.07, 6.45) is 0. The molecule has 1 aromatic heterocycles. The Morgan fingerprint density at radius 2 is 1.92 bits per heavy atom. The standard InChI is InChI=1S/C19H17FN2O2S2/c1-11(12-3-5-14(20)6-4-12)21-19(25)22-15-7-8-16-13(9-15)10-17(26-16)18(23)24-2/h3-11H,1-2H3,(H2,21,22,25)/t11-/m0/s1. The maximum atomic E-state index is 13.0. The van der Waals surface area contributed by atoms with Crippen molar-refractivity contribution < 1.29 is 13.9 Å². The number of benzene rings is 2. The predicted molar refractivity (Wildman–Crippen MR) is 107 cm³/mol. The number of hydrogen-bond acceptors (Lipinski definition) is 4. The van der Waals surface area contributed by atoms with E-state index in [1.54, 1.807) is 18.2 Å². The monoisotopic (exact) mass is 388 g/mol. The van der Waals surface area contributed by atoms with E-state index in [0.29, 0.717) is 9.99 Å². The summed E-state index contributed by atoms with van der Waals surface area (Å²) >= 11 is 6.74. The van der Waals surface area contributed by atoms with E-state index in [9.17, 15) is 9.18 Å². The van der Waals surface area contributed by atoms with Crippen molar-refractivity contribution in [3.63, 3.8) is 0 Å². The normalized spacial score (nSPS) is 11.8. The third-order valence-corrected chi connectivity index (χ3v) is 5.19. The molecule has 0 aliphatic heterocycles. The third-order valence-electron chi connectivity index (χ3n) is 3.88. The number of hydrogen-bond donors (Lipinski definition) is 2. The van der Waals surface area contributed by atoms with Gasteiger partial charge in [0.25, 0.3) is 0 Å². The summed E-state index contributed by atoms with van der Waals surface area (Å²) in [5, 5.41) is 7.71. The van der Waals surface area contributed by atoms with Gasteiger partial charge in [0.2, 0.25) is 0 Å². The van der Waals surface area contributed by atoms with Crippen LogP contribution in [-0.4, -0.2) is 18.2 Å². The molecule has 0 aliphatic rings. The summed E-state index contributed by atoms with van der Waals surface area (Å²) in [7, 11) is 1.37. The van der Waals surface area contributed by atoms with Crippen molar-refractivity contribution in [2.24, 2.45) is 0 Å². The topological polar surface area (TPSA) is 50.4 Å². The molecule has 0 radical (unpaired) electrons.